The van der Waals surface area contributed by atoms with Gasteiger partial charge in [0.15, 0.2) is 0 Å². The Morgan fingerprint density at radius 2 is 1.77 bits per heavy atom. The smallest absolute Gasteiger partial charge is 0.319 e. The van der Waals surface area contributed by atoms with Crippen LogP contribution in [0, 0.1) is 5.82 Å². The van der Waals surface area contributed by atoms with Gasteiger partial charge in [0.25, 0.3) is 5.89 Å². The van der Waals surface area contributed by atoms with Crippen LogP contribution in [-0.4, -0.2) is 22.2 Å². The summed E-state index contributed by atoms with van der Waals surface area (Å²) in [5, 5.41) is 9.55. The summed E-state index contributed by atoms with van der Waals surface area (Å²) in [5.41, 5.74) is 2.05. The van der Waals surface area contributed by atoms with Gasteiger partial charge in [0.05, 0.1) is 0 Å². The Bertz CT molecular complexity index is 875. The van der Waals surface area contributed by atoms with Gasteiger partial charge >= 0.3 is 6.03 Å². The van der Waals surface area contributed by atoms with E-state index in [0.717, 1.165) is 12.0 Å². The SMILES string of the molecule is CC[C@H](C)NC(=O)Nc1ccc(-c2noc(-c3ccc(F)cc3)n2)cc1. The molecule has 2 aromatic carbocycles. The second-order valence-electron chi connectivity index (χ2n) is 5.92. The topological polar surface area (TPSA) is 80.0 Å². The van der Waals surface area contributed by atoms with Crippen molar-refractivity contribution >= 4 is 11.7 Å². The van der Waals surface area contributed by atoms with Crippen LogP contribution in [0.5, 0.6) is 0 Å². The lowest BCUT2D eigenvalue weighted by atomic mass is 10.2. The molecule has 134 valence electrons. The van der Waals surface area contributed by atoms with E-state index in [4.69, 9.17) is 4.52 Å². The Labute approximate surface area is 150 Å². The summed E-state index contributed by atoms with van der Waals surface area (Å²) in [6, 6.07) is 12.8. The van der Waals surface area contributed by atoms with Crippen LogP contribution >= 0.6 is 0 Å². The number of halogens is 1. The van der Waals surface area contributed by atoms with E-state index in [1.165, 1.54) is 12.1 Å². The van der Waals surface area contributed by atoms with E-state index in [9.17, 15) is 9.18 Å². The minimum Gasteiger partial charge on any atom is -0.335 e. The van der Waals surface area contributed by atoms with Crippen molar-refractivity contribution in [2.24, 2.45) is 0 Å². The molecule has 0 radical (unpaired) electrons. The largest absolute Gasteiger partial charge is 0.335 e. The van der Waals surface area contributed by atoms with Crippen LogP contribution < -0.4 is 10.6 Å². The quantitative estimate of drug-likeness (QED) is 0.709. The molecule has 3 aromatic rings. The summed E-state index contributed by atoms with van der Waals surface area (Å²) in [4.78, 5) is 16.2. The van der Waals surface area contributed by atoms with Crippen LogP contribution in [0.15, 0.2) is 53.1 Å². The fourth-order valence-corrected chi connectivity index (χ4v) is 2.25. The fourth-order valence-electron chi connectivity index (χ4n) is 2.25. The van der Waals surface area contributed by atoms with Crippen molar-refractivity contribution in [3.05, 3.63) is 54.3 Å². The van der Waals surface area contributed by atoms with Gasteiger partial charge in [-0.2, -0.15) is 4.98 Å². The van der Waals surface area contributed by atoms with Crippen molar-refractivity contribution in [2.45, 2.75) is 26.3 Å². The van der Waals surface area contributed by atoms with Gasteiger partial charge < -0.3 is 15.2 Å². The van der Waals surface area contributed by atoms with Crippen molar-refractivity contribution in [1.82, 2.24) is 15.5 Å². The molecule has 0 saturated heterocycles. The van der Waals surface area contributed by atoms with Gasteiger partial charge in [0, 0.05) is 22.9 Å². The Morgan fingerprint density at radius 3 is 2.42 bits per heavy atom. The highest BCUT2D eigenvalue weighted by molar-refractivity contribution is 5.89. The molecule has 1 heterocycles. The zero-order valence-corrected chi connectivity index (χ0v) is 14.5. The molecule has 0 unspecified atom stereocenters. The summed E-state index contributed by atoms with van der Waals surface area (Å²) in [5.74, 6) is 0.406. The molecule has 0 bridgehead atoms. The first kappa shape index (κ1) is 17.6. The predicted octanol–water partition coefficient (Wildman–Crippen LogP) is 4.46. The molecule has 26 heavy (non-hydrogen) atoms. The number of carbonyl (C=O) groups is 1. The third-order valence-electron chi connectivity index (χ3n) is 3.91. The second-order valence-corrected chi connectivity index (χ2v) is 5.92. The first-order valence-electron chi connectivity index (χ1n) is 8.32. The lowest BCUT2D eigenvalue weighted by Gasteiger charge is -2.12. The number of hydrogen-bond donors (Lipinski definition) is 2. The van der Waals surface area contributed by atoms with Crippen LogP contribution in [0.1, 0.15) is 20.3 Å². The van der Waals surface area contributed by atoms with Crippen LogP contribution in [0.3, 0.4) is 0 Å². The Balaban J connectivity index is 1.69. The van der Waals surface area contributed by atoms with Gasteiger partial charge in [-0.25, -0.2) is 9.18 Å². The van der Waals surface area contributed by atoms with E-state index in [0.29, 0.717) is 23.0 Å². The number of hydrogen-bond acceptors (Lipinski definition) is 4. The second kappa shape index (κ2) is 7.77. The summed E-state index contributed by atoms with van der Waals surface area (Å²) in [6.07, 6.45) is 0.862. The Kier molecular flexibility index (Phi) is 5.26. The van der Waals surface area contributed by atoms with Gasteiger partial charge in [0.2, 0.25) is 5.82 Å². The monoisotopic (exact) mass is 354 g/mol. The zero-order chi connectivity index (χ0) is 18.5. The number of anilines is 1. The van der Waals surface area contributed by atoms with Crippen LogP contribution in [0.2, 0.25) is 0 Å². The normalized spacial score (nSPS) is 11.8. The lowest BCUT2D eigenvalue weighted by Crippen LogP contribution is -2.35. The number of urea groups is 1. The zero-order valence-electron chi connectivity index (χ0n) is 14.5. The van der Waals surface area contributed by atoms with E-state index >= 15 is 0 Å². The number of nitrogens with one attached hydrogen (secondary N) is 2. The average molecular weight is 354 g/mol. The van der Waals surface area contributed by atoms with Crippen molar-refractivity contribution in [2.75, 3.05) is 5.32 Å². The third-order valence-corrected chi connectivity index (χ3v) is 3.91. The predicted molar refractivity (Wildman–Crippen MR) is 97.0 cm³/mol. The molecule has 1 aromatic heterocycles. The van der Waals surface area contributed by atoms with E-state index in [-0.39, 0.29) is 17.9 Å². The molecular weight excluding hydrogens is 335 g/mol. The Morgan fingerprint density at radius 1 is 1.12 bits per heavy atom. The molecular formula is C19H19FN4O2. The van der Waals surface area contributed by atoms with E-state index < -0.39 is 0 Å². The minimum absolute atomic E-state index is 0.110. The van der Waals surface area contributed by atoms with Crippen molar-refractivity contribution in [1.29, 1.82) is 0 Å². The number of aromatic nitrogens is 2. The van der Waals surface area contributed by atoms with Crippen LogP contribution in [-0.2, 0) is 0 Å². The summed E-state index contributed by atoms with van der Waals surface area (Å²) < 4.78 is 18.2. The van der Waals surface area contributed by atoms with Gasteiger partial charge in [-0.05, 0) is 61.9 Å². The highest BCUT2D eigenvalue weighted by Gasteiger charge is 2.11. The van der Waals surface area contributed by atoms with Gasteiger partial charge in [-0.1, -0.05) is 12.1 Å². The van der Waals surface area contributed by atoms with Crippen molar-refractivity contribution < 1.29 is 13.7 Å². The number of amides is 2. The van der Waals surface area contributed by atoms with Gasteiger partial charge in [0.1, 0.15) is 5.82 Å². The highest BCUT2D eigenvalue weighted by atomic mass is 19.1. The van der Waals surface area contributed by atoms with E-state index in [2.05, 4.69) is 20.8 Å². The first-order chi connectivity index (χ1) is 12.5. The van der Waals surface area contributed by atoms with Gasteiger partial charge in [-0.15, -0.1) is 0 Å². The maximum atomic E-state index is 13.0. The molecule has 1 atom stereocenters. The highest BCUT2D eigenvalue weighted by Crippen LogP contribution is 2.23. The molecule has 0 aliphatic heterocycles. The molecule has 2 N–H and O–H groups in total. The maximum absolute atomic E-state index is 13.0. The van der Waals surface area contributed by atoms with Gasteiger partial charge in [-0.3, -0.25) is 0 Å². The molecule has 3 rings (SSSR count). The molecule has 2 amide bonds. The average Bonchev–Trinajstić information content (AvgIpc) is 3.13. The fraction of sp³-hybridized carbons (Fsp3) is 0.211. The van der Waals surface area contributed by atoms with E-state index in [1.54, 1.807) is 36.4 Å². The number of nitrogens with zero attached hydrogens (tertiary/aromatic N) is 2. The molecule has 0 fully saturated rings. The number of rotatable bonds is 5. The minimum atomic E-state index is -0.325. The molecule has 7 heteroatoms. The first-order valence-corrected chi connectivity index (χ1v) is 8.32. The molecule has 0 aliphatic rings. The standard InChI is InChI=1S/C19H19FN4O2/c1-3-12(2)21-19(25)22-16-10-6-13(7-11-16)17-23-18(26-24-17)14-4-8-15(20)9-5-14/h4-12H,3H2,1-2H3,(H2,21,22,25)/t12-/m0/s1. The molecule has 0 saturated carbocycles. The molecule has 0 spiro atoms. The van der Waals surface area contributed by atoms with E-state index in [1.807, 2.05) is 13.8 Å². The van der Waals surface area contributed by atoms with Crippen LogP contribution in [0.25, 0.3) is 22.8 Å². The molecule has 0 aliphatic carbocycles. The van der Waals surface area contributed by atoms with Crippen molar-refractivity contribution in [3.8, 4) is 22.8 Å². The summed E-state index contributed by atoms with van der Waals surface area (Å²) >= 11 is 0. The van der Waals surface area contributed by atoms with Crippen LogP contribution in [0.4, 0.5) is 14.9 Å². The number of benzene rings is 2. The number of carbonyl (C=O) groups excluding carboxylic acids is 1. The maximum Gasteiger partial charge on any atom is 0.319 e. The lowest BCUT2D eigenvalue weighted by molar-refractivity contribution is 0.249. The third kappa shape index (κ3) is 4.24. The summed E-state index contributed by atoms with van der Waals surface area (Å²) in [6.45, 7) is 3.95. The Hall–Kier alpha value is -3.22. The molecule has 6 nitrogen and oxygen atoms in total. The van der Waals surface area contributed by atoms with Crippen molar-refractivity contribution in [3.63, 3.8) is 0 Å². The summed E-state index contributed by atoms with van der Waals surface area (Å²) in [7, 11) is 0.